The van der Waals surface area contributed by atoms with E-state index < -0.39 is 0 Å². The third-order valence-electron chi connectivity index (χ3n) is 3.98. The van der Waals surface area contributed by atoms with Gasteiger partial charge in [-0.05, 0) is 30.5 Å². The summed E-state index contributed by atoms with van der Waals surface area (Å²) in [5.41, 5.74) is 1.65. The van der Waals surface area contributed by atoms with E-state index in [0.717, 1.165) is 23.5 Å². The van der Waals surface area contributed by atoms with Gasteiger partial charge < -0.3 is 10.6 Å². The summed E-state index contributed by atoms with van der Waals surface area (Å²) in [4.78, 5) is 4.24. The summed E-state index contributed by atoms with van der Waals surface area (Å²) in [6.45, 7) is 5.35. The first kappa shape index (κ1) is 18.5. The van der Waals surface area contributed by atoms with Crippen LogP contribution in [0.1, 0.15) is 24.8 Å². The van der Waals surface area contributed by atoms with Crippen molar-refractivity contribution in [1.82, 2.24) is 10.6 Å². The van der Waals surface area contributed by atoms with Crippen LogP contribution in [-0.4, -0.2) is 26.1 Å². The molecule has 0 radical (unpaired) electrons. The van der Waals surface area contributed by atoms with Crippen molar-refractivity contribution in [2.24, 2.45) is 4.99 Å². The average molecular weight is 464 g/mol. The molecule has 2 rings (SSSR count). The van der Waals surface area contributed by atoms with Crippen molar-refractivity contribution in [3.05, 3.63) is 47.0 Å². The lowest BCUT2D eigenvalue weighted by molar-refractivity contribution is 0.244. The van der Waals surface area contributed by atoms with Crippen molar-refractivity contribution < 1.29 is 0 Å². The summed E-state index contributed by atoms with van der Waals surface area (Å²) in [7, 11) is 1.80. The quantitative estimate of drug-likeness (QED) is 0.301. The van der Waals surface area contributed by atoms with Crippen LogP contribution >= 0.6 is 39.9 Å². The predicted molar refractivity (Wildman–Crippen MR) is 105 cm³/mol. The molecule has 21 heavy (non-hydrogen) atoms. The van der Waals surface area contributed by atoms with E-state index in [2.05, 4.69) is 62.4 Å². The monoisotopic (exact) mass is 463 g/mol. The smallest absolute Gasteiger partial charge is 0.191 e. The molecule has 2 N–H and O–H groups in total. The fourth-order valence-electron chi connectivity index (χ4n) is 2.63. The maximum atomic E-state index is 4.24. The Morgan fingerprint density at radius 2 is 2.19 bits per heavy atom. The first-order chi connectivity index (χ1) is 9.70. The SMILES string of the molecule is C=CCNC(=NC)NCC1(c2cccc(Br)c2)CCC1.I. The third kappa shape index (κ3) is 4.71. The molecule has 0 saturated heterocycles. The van der Waals surface area contributed by atoms with Crippen LogP contribution in [0.5, 0.6) is 0 Å². The molecule has 3 nitrogen and oxygen atoms in total. The predicted octanol–water partition coefficient (Wildman–Crippen LogP) is 3.84. The van der Waals surface area contributed by atoms with Gasteiger partial charge in [0.25, 0.3) is 0 Å². The second-order valence-electron chi connectivity index (χ2n) is 5.24. The number of rotatable bonds is 5. The van der Waals surface area contributed by atoms with Crippen LogP contribution in [0.3, 0.4) is 0 Å². The highest BCUT2D eigenvalue weighted by atomic mass is 127. The maximum absolute atomic E-state index is 4.24. The van der Waals surface area contributed by atoms with Crippen molar-refractivity contribution in [2.75, 3.05) is 20.1 Å². The summed E-state index contributed by atoms with van der Waals surface area (Å²) >= 11 is 3.57. The zero-order valence-electron chi connectivity index (χ0n) is 12.4. The highest BCUT2D eigenvalue weighted by Gasteiger charge is 2.38. The Hall–Kier alpha value is -0.560. The van der Waals surface area contributed by atoms with Crippen molar-refractivity contribution in [3.63, 3.8) is 0 Å². The number of hydrogen-bond donors (Lipinski definition) is 2. The highest BCUT2D eigenvalue weighted by Crippen LogP contribution is 2.43. The molecule has 1 fully saturated rings. The van der Waals surface area contributed by atoms with E-state index >= 15 is 0 Å². The van der Waals surface area contributed by atoms with E-state index in [1.165, 1.54) is 24.8 Å². The number of halogens is 2. The molecular formula is C16H23BrIN3. The fraction of sp³-hybridized carbons (Fsp3) is 0.438. The summed E-state index contributed by atoms with van der Waals surface area (Å²) in [5.74, 6) is 0.839. The Morgan fingerprint density at radius 1 is 1.43 bits per heavy atom. The minimum absolute atomic E-state index is 0. The molecule has 1 saturated carbocycles. The number of guanidine groups is 1. The molecule has 0 aromatic heterocycles. The minimum atomic E-state index is 0. The zero-order valence-corrected chi connectivity index (χ0v) is 16.3. The highest BCUT2D eigenvalue weighted by molar-refractivity contribution is 14.0. The molecule has 0 aliphatic heterocycles. The lowest BCUT2D eigenvalue weighted by Crippen LogP contribution is -2.48. The van der Waals surface area contributed by atoms with Crippen LogP contribution in [0, 0.1) is 0 Å². The number of benzene rings is 1. The van der Waals surface area contributed by atoms with Gasteiger partial charge in [0.15, 0.2) is 5.96 Å². The van der Waals surface area contributed by atoms with Gasteiger partial charge >= 0.3 is 0 Å². The maximum Gasteiger partial charge on any atom is 0.191 e. The molecule has 0 amide bonds. The third-order valence-corrected chi connectivity index (χ3v) is 4.47. The topological polar surface area (TPSA) is 36.4 Å². The number of hydrogen-bond acceptors (Lipinski definition) is 1. The van der Waals surface area contributed by atoms with Gasteiger partial charge in [0.05, 0.1) is 0 Å². The summed E-state index contributed by atoms with van der Waals surface area (Å²) in [6.07, 6.45) is 5.59. The van der Waals surface area contributed by atoms with E-state index in [4.69, 9.17) is 0 Å². The molecule has 1 aliphatic carbocycles. The Bertz CT molecular complexity index is 498. The second-order valence-corrected chi connectivity index (χ2v) is 6.16. The number of aliphatic imine (C=N–C) groups is 1. The van der Waals surface area contributed by atoms with Crippen LogP contribution in [0.4, 0.5) is 0 Å². The second kappa shape index (κ2) is 8.78. The number of nitrogens with one attached hydrogen (secondary N) is 2. The van der Waals surface area contributed by atoms with Crippen LogP contribution in [0.2, 0.25) is 0 Å². The van der Waals surface area contributed by atoms with E-state index in [0.29, 0.717) is 0 Å². The van der Waals surface area contributed by atoms with Crippen molar-refractivity contribution in [3.8, 4) is 0 Å². The molecule has 0 bridgehead atoms. The van der Waals surface area contributed by atoms with Gasteiger partial charge in [0.1, 0.15) is 0 Å². The summed E-state index contributed by atoms with van der Waals surface area (Å²) < 4.78 is 1.15. The molecule has 116 valence electrons. The minimum Gasteiger partial charge on any atom is -0.356 e. The molecule has 1 aromatic carbocycles. The van der Waals surface area contributed by atoms with E-state index in [1.54, 1.807) is 7.05 Å². The van der Waals surface area contributed by atoms with Gasteiger partial charge in [-0.1, -0.05) is 40.6 Å². The van der Waals surface area contributed by atoms with E-state index in [9.17, 15) is 0 Å². The van der Waals surface area contributed by atoms with Crippen molar-refractivity contribution in [2.45, 2.75) is 24.7 Å². The van der Waals surface area contributed by atoms with E-state index in [1.807, 2.05) is 6.08 Å². The van der Waals surface area contributed by atoms with Gasteiger partial charge in [0, 0.05) is 30.0 Å². The molecular weight excluding hydrogens is 441 g/mol. The Balaban J connectivity index is 0.00000220. The lowest BCUT2D eigenvalue weighted by Gasteiger charge is -2.43. The van der Waals surface area contributed by atoms with Gasteiger partial charge in [-0.2, -0.15) is 0 Å². The standard InChI is InChI=1S/C16H22BrN3.HI/c1-3-10-19-15(18-2)20-12-16(8-5-9-16)13-6-4-7-14(17)11-13;/h3-4,6-7,11H,1,5,8-10,12H2,2H3,(H2,18,19,20);1H. The average Bonchev–Trinajstić information content (AvgIpc) is 2.41. The molecule has 1 aromatic rings. The van der Waals surface area contributed by atoms with Crippen LogP contribution < -0.4 is 10.6 Å². The van der Waals surface area contributed by atoms with Gasteiger partial charge in [-0.15, -0.1) is 30.6 Å². The molecule has 5 heteroatoms. The van der Waals surface area contributed by atoms with Gasteiger partial charge in [-0.25, -0.2) is 0 Å². The first-order valence-corrected chi connectivity index (χ1v) is 7.81. The largest absolute Gasteiger partial charge is 0.356 e. The number of nitrogens with zero attached hydrogens (tertiary/aromatic N) is 1. The molecule has 0 unspecified atom stereocenters. The van der Waals surface area contributed by atoms with Crippen molar-refractivity contribution in [1.29, 1.82) is 0 Å². The molecule has 0 heterocycles. The lowest BCUT2D eigenvalue weighted by atomic mass is 9.64. The van der Waals surface area contributed by atoms with Crippen molar-refractivity contribution >= 4 is 45.9 Å². The van der Waals surface area contributed by atoms with E-state index in [-0.39, 0.29) is 29.4 Å². The van der Waals surface area contributed by atoms with Crippen LogP contribution in [0.15, 0.2) is 46.4 Å². The molecule has 0 spiro atoms. The normalized spacial score (nSPS) is 16.4. The van der Waals surface area contributed by atoms with Crippen LogP contribution in [-0.2, 0) is 5.41 Å². The molecule has 1 aliphatic rings. The molecule has 0 atom stereocenters. The Labute approximate surface area is 152 Å². The Morgan fingerprint density at radius 3 is 2.71 bits per heavy atom. The van der Waals surface area contributed by atoms with Gasteiger partial charge in [0.2, 0.25) is 0 Å². The first-order valence-electron chi connectivity index (χ1n) is 7.02. The fourth-order valence-corrected chi connectivity index (χ4v) is 3.03. The van der Waals surface area contributed by atoms with Crippen LogP contribution in [0.25, 0.3) is 0 Å². The van der Waals surface area contributed by atoms with Gasteiger partial charge in [-0.3, -0.25) is 4.99 Å². The Kier molecular flexibility index (Phi) is 7.73. The summed E-state index contributed by atoms with van der Waals surface area (Å²) in [6, 6.07) is 8.66. The zero-order chi connectivity index (χ0) is 14.4. The summed E-state index contributed by atoms with van der Waals surface area (Å²) in [5, 5.41) is 6.66.